The summed E-state index contributed by atoms with van der Waals surface area (Å²) in [4.78, 5) is 12.6. The van der Waals surface area contributed by atoms with Crippen LogP contribution in [0.3, 0.4) is 0 Å². The SMILES string of the molecule is COc1cccc(NC2=Nc3ccccc3N3C2=Nc2c(c(C)nn2-c2ccccc2)[C@H]3c2ccc(Cl)cc2)c1. The number of para-hydroxylation sites is 3. The topological polar surface area (TPSA) is 67.0 Å². The van der Waals surface area contributed by atoms with Crippen molar-refractivity contribution in [2.75, 3.05) is 17.3 Å². The van der Waals surface area contributed by atoms with Crippen molar-refractivity contribution in [2.24, 2.45) is 9.98 Å². The van der Waals surface area contributed by atoms with E-state index in [1.165, 1.54) is 0 Å². The van der Waals surface area contributed by atoms with Crippen LogP contribution in [0.5, 0.6) is 5.75 Å². The molecule has 0 amide bonds. The number of hydrogen-bond acceptors (Lipinski definition) is 6. The quantitative estimate of drug-likeness (QED) is 0.252. The van der Waals surface area contributed by atoms with Crippen molar-refractivity contribution in [3.8, 4) is 11.4 Å². The predicted molar refractivity (Wildman–Crippen MR) is 161 cm³/mol. The Kier molecular flexibility index (Phi) is 5.86. The Labute approximate surface area is 237 Å². The van der Waals surface area contributed by atoms with Crippen LogP contribution < -0.4 is 15.0 Å². The predicted octanol–water partition coefficient (Wildman–Crippen LogP) is 7.64. The number of fused-ring (bicyclic) bond motifs is 4. The molecule has 2 aliphatic heterocycles. The van der Waals surface area contributed by atoms with Crippen molar-refractivity contribution in [3.05, 3.63) is 125 Å². The molecule has 3 heterocycles. The number of benzene rings is 4. The number of aromatic nitrogens is 2. The van der Waals surface area contributed by atoms with Crippen LogP contribution in [0.2, 0.25) is 5.02 Å². The molecule has 0 unspecified atom stereocenters. The minimum atomic E-state index is -0.212. The van der Waals surface area contributed by atoms with Gasteiger partial charge in [-0.25, -0.2) is 14.7 Å². The highest BCUT2D eigenvalue weighted by molar-refractivity contribution is 6.51. The lowest BCUT2D eigenvalue weighted by Crippen LogP contribution is -2.46. The molecular weight excluding hydrogens is 520 g/mol. The molecule has 4 aromatic carbocycles. The number of nitrogens with one attached hydrogen (secondary N) is 1. The normalized spacial score (nSPS) is 15.4. The maximum absolute atomic E-state index is 6.33. The van der Waals surface area contributed by atoms with Gasteiger partial charge in [-0.05, 0) is 61.0 Å². The van der Waals surface area contributed by atoms with Crippen LogP contribution in [0.25, 0.3) is 5.69 Å². The first-order valence-corrected chi connectivity index (χ1v) is 13.4. The monoisotopic (exact) mass is 544 g/mol. The Hall–Kier alpha value is -4.88. The zero-order valence-corrected chi connectivity index (χ0v) is 22.7. The van der Waals surface area contributed by atoms with Gasteiger partial charge in [0.2, 0.25) is 0 Å². The van der Waals surface area contributed by atoms with E-state index >= 15 is 0 Å². The van der Waals surface area contributed by atoms with E-state index in [4.69, 9.17) is 31.4 Å². The summed E-state index contributed by atoms with van der Waals surface area (Å²) in [6.07, 6.45) is 0. The van der Waals surface area contributed by atoms with Crippen molar-refractivity contribution in [2.45, 2.75) is 13.0 Å². The van der Waals surface area contributed by atoms with E-state index in [-0.39, 0.29) is 6.04 Å². The third kappa shape index (κ3) is 4.03. The van der Waals surface area contributed by atoms with Crippen LogP contribution in [-0.2, 0) is 0 Å². The first-order valence-electron chi connectivity index (χ1n) is 13.0. The molecule has 7 nitrogen and oxygen atoms in total. The van der Waals surface area contributed by atoms with Gasteiger partial charge in [0.15, 0.2) is 17.5 Å². The fourth-order valence-corrected chi connectivity index (χ4v) is 5.47. The number of ether oxygens (including phenoxy) is 1. The van der Waals surface area contributed by atoms with Crippen LogP contribution in [0.4, 0.5) is 22.9 Å². The number of halogens is 1. The molecule has 0 saturated carbocycles. The van der Waals surface area contributed by atoms with Gasteiger partial charge in [0.25, 0.3) is 0 Å². The number of methoxy groups -OCH3 is 1. The lowest BCUT2D eigenvalue weighted by Gasteiger charge is -2.40. The zero-order chi connectivity index (χ0) is 27.2. The Morgan fingerprint density at radius 3 is 2.42 bits per heavy atom. The molecule has 0 aliphatic carbocycles. The van der Waals surface area contributed by atoms with E-state index in [1.54, 1.807) is 7.11 Å². The minimum absolute atomic E-state index is 0.212. The molecule has 0 bridgehead atoms. The van der Waals surface area contributed by atoms with E-state index in [1.807, 2.05) is 96.5 Å². The largest absolute Gasteiger partial charge is 0.497 e. The van der Waals surface area contributed by atoms with Crippen molar-refractivity contribution in [1.82, 2.24) is 9.78 Å². The molecule has 1 aromatic heterocycles. The fourth-order valence-electron chi connectivity index (χ4n) is 5.34. The average molecular weight is 545 g/mol. The summed E-state index contributed by atoms with van der Waals surface area (Å²) < 4.78 is 7.38. The Bertz CT molecular complexity index is 1790. The lowest BCUT2D eigenvalue weighted by atomic mass is 9.93. The zero-order valence-electron chi connectivity index (χ0n) is 21.9. The third-order valence-corrected chi connectivity index (χ3v) is 7.41. The van der Waals surface area contributed by atoms with Gasteiger partial charge in [0.05, 0.1) is 35.9 Å². The van der Waals surface area contributed by atoms with Gasteiger partial charge in [0, 0.05) is 22.3 Å². The number of amidine groups is 2. The minimum Gasteiger partial charge on any atom is -0.497 e. The number of anilines is 2. The van der Waals surface area contributed by atoms with Gasteiger partial charge in [-0.3, -0.25) is 0 Å². The molecular formula is C32H25ClN6O. The van der Waals surface area contributed by atoms with Crippen molar-refractivity contribution >= 4 is 46.2 Å². The van der Waals surface area contributed by atoms with Crippen LogP contribution >= 0.6 is 11.6 Å². The standard InChI is InChI=1S/C32H25ClN6O/c1-20-28-29(21-15-17-22(33)18-16-21)38-27-14-7-6-13-26(27)35-30(34-23-9-8-12-25(19-23)40-2)32(38)36-31(28)39(37-20)24-10-4-3-5-11-24/h3-19,29H,1-2H3,(H,34,35)/t29-/m1/s1. The molecule has 0 radical (unpaired) electrons. The Morgan fingerprint density at radius 2 is 1.62 bits per heavy atom. The lowest BCUT2D eigenvalue weighted by molar-refractivity contribution is 0.415. The smallest absolute Gasteiger partial charge is 0.179 e. The molecule has 0 spiro atoms. The summed E-state index contributed by atoms with van der Waals surface area (Å²) in [5.41, 5.74) is 6.62. The van der Waals surface area contributed by atoms with Gasteiger partial charge >= 0.3 is 0 Å². The first kappa shape index (κ1) is 24.2. The molecule has 1 atom stereocenters. The molecule has 0 fully saturated rings. The maximum atomic E-state index is 6.33. The van der Waals surface area contributed by atoms with Gasteiger partial charge in [-0.1, -0.05) is 60.1 Å². The molecule has 7 rings (SSSR count). The highest BCUT2D eigenvalue weighted by Crippen LogP contribution is 2.48. The van der Waals surface area contributed by atoms with Crippen LogP contribution in [0.15, 0.2) is 113 Å². The summed E-state index contributed by atoms with van der Waals surface area (Å²) in [5.74, 6) is 2.86. The van der Waals surface area contributed by atoms with Crippen molar-refractivity contribution < 1.29 is 4.74 Å². The second kappa shape index (κ2) is 9.70. The highest BCUT2D eigenvalue weighted by Gasteiger charge is 2.41. The highest BCUT2D eigenvalue weighted by atomic mass is 35.5. The van der Waals surface area contributed by atoms with Crippen molar-refractivity contribution in [1.29, 1.82) is 0 Å². The molecule has 8 heteroatoms. The molecule has 5 aromatic rings. The van der Waals surface area contributed by atoms with E-state index < -0.39 is 0 Å². The van der Waals surface area contributed by atoms with Crippen LogP contribution in [-0.4, -0.2) is 28.6 Å². The van der Waals surface area contributed by atoms with Crippen LogP contribution in [0.1, 0.15) is 22.9 Å². The summed E-state index contributed by atoms with van der Waals surface area (Å²) >= 11 is 6.33. The van der Waals surface area contributed by atoms with E-state index in [2.05, 4.69) is 28.4 Å². The van der Waals surface area contributed by atoms with Gasteiger partial charge in [-0.15, -0.1) is 0 Å². The molecule has 2 aliphatic rings. The second-order valence-electron chi connectivity index (χ2n) is 9.64. The Morgan fingerprint density at radius 1 is 0.850 bits per heavy atom. The molecule has 196 valence electrons. The number of aryl methyl sites for hydroxylation is 1. The fraction of sp³-hybridized carbons (Fsp3) is 0.0938. The van der Waals surface area contributed by atoms with Gasteiger partial charge in [0.1, 0.15) is 5.75 Å². The summed E-state index contributed by atoms with van der Waals surface area (Å²) in [5, 5.41) is 9.19. The van der Waals surface area contributed by atoms with Crippen molar-refractivity contribution in [3.63, 3.8) is 0 Å². The molecule has 40 heavy (non-hydrogen) atoms. The molecule has 0 saturated heterocycles. The number of rotatable bonds is 4. The Balaban J connectivity index is 1.48. The summed E-state index contributed by atoms with van der Waals surface area (Å²) in [6.45, 7) is 2.04. The van der Waals surface area contributed by atoms with Gasteiger partial charge < -0.3 is 15.0 Å². The van der Waals surface area contributed by atoms with E-state index in [9.17, 15) is 0 Å². The van der Waals surface area contributed by atoms with Gasteiger partial charge in [-0.2, -0.15) is 5.10 Å². The van der Waals surface area contributed by atoms with E-state index in [0.717, 1.165) is 51.1 Å². The van der Waals surface area contributed by atoms with E-state index in [0.29, 0.717) is 16.7 Å². The summed E-state index contributed by atoms with van der Waals surface area (Å²) in [7, 11) is 1.66. The van der Waals surface area contributed by atoms with Crippen LogP contribution in [0, 0.1) is 6.92 Å². The summed E-state index contributed by atoms with van der Waals surface area (Å²) in [6, 6.07) is 33.8. The number of hydrogen-bond donors (Lipinski definition) is 1. The first-order chi connectivity index (χ1) is 19.6. The second-order valence-corrected chi connectivity index (χ2v) is 10.1. The number of nitrogens with zero attached hydrogens (tertiary/aromatic N) is 5. The number of aliphatic imine (C=N–C) groups is 2. The maximum Gasteiger partial charge on any atom is 0.179 e. The third-order valence-electron chi connectivity index (χ3n) is 7.16. The average Bonchev–Trinajstić information content (AvgIpc) is 3.33. The molecule has 1 N–H and O–H groups in total.